The van der Waals surface area contributed by atoms with Gasteiger partial charge in [0.05, 0.1) is 11.9 Å². The summed E-state index contributed by atoms with van der Waals surface area (Å²) in [4.78, 5) is 4.52. The van der Waals surface area contributed by atoms with Crippen LogP contribution in [0.5, 0.6) is 0 Å². The number of halogens is 1. The van der Waals surface area contributed by atoms with Crippen LogP contribution in [0.4, 0.5) is 0 Å². The van der Waals surface area contributed by atoms with Gasteiger partial charge < -0.3 is 10.3 Å². The van der Waals surface area contributed by atoms with Crippen molar-refractivity contribution in [3.8, 4) is 11.4 Å². The summed E-state index contributed by atoms with van der Waals surface area (Å²) in [6, 6.07) is 8.39. The summed E-state index contributed by atoms with van der Waals surface area (Å²) >= 11 is 3.45. The molecule has 2 heterocycles. The van der Waals surface area contributed by atoms with Gasteiger partial charge in [-0.15, -0.1) is 0 Å². The van der Waals surface area contributed by atoms with Gasteiger partial charge in [0.1, 0.15) is 5.82 Å². The van der Waals surface area contributed by atoms with Gasteiger partial charge in [-0.25, -0.2) is 4.98 Å². The average molecular weight is 292 g/mol. The Morgan fingerprint density at radius 3 is 2.82 bits per heavy atom. The minimum atomic E-state index is 0.139. The normalized spacial score (nSPS) is 19.1. The van der Waals surface area contributed by atoms with E-state index in [1.54, 1.807) is 0 Å². The predicted octanol–water partition coefficient (Wildman–Crippen LogP) is 3.11. The fraction of sp³-hybridized carbons (Fsp3) is 0.308. The number of benzene rings is 1. The highest BCUT2D eigenvalue weighted by Gasteiger charge is 2.20. The van der Waals surface area contributed by atoms with Gasteiger partial charge in [-0.3, -0.25) is 0 Å². The van der Waals surface area contributed by atoms with E-state index in [9.17, 15) is 0 Å². The van der Waals surface area contributed by atoms with Crippen LogP contribution in [-0.4, -0.2) is 9.55 Å². The van der Waals surface area contributed by atoms with E-state index in [1.165, 1.54) is 0 Å². The number of nitrogens with zero attached hydrogens (tertiary/aromatic N) is 2. The standard InChI is InChI=1S/C13H14BrN3/c14-10-5-3-9(4-6-10)13-16-8-12-11(15)2-1-7-17(12)13/h3-6,8,11H,1-2,7,15H2. The molecule has 0 aliphatic carbocycles. The highest BCUT2D eigenvalue weighted by molar-refractivity contribution is 9.10. The lowest BCUT2D eigenvalue weighted by molar-refractivity contribution is 0.466. The highest BCUT2D eigenvalue weighted by atomic mass is 79.9. The summed E-state index contributed by atoms with van der Waals surface area (Å²) in [5, 5.41) is 0. The van der Waals surface area contributed by atoms with Crippen LogP contribution in [0.1, 0.15) is 24.6 Å². The molecule has 0 spiro atoms. The van der Waals surface area contributed by atoms with Gasteiger partial charge in [-0.1, -0.05) is 28.1 Å². The number of imidazole rings is 1. The summed E-state index contributed by atoms with van der Waals surface area (Å²) in [7, 11) is 0. The van der Waals surface area contributed by atoms with Crippen molar-refractivity contribution >= 4 is 15.9 Å². The number of aromatic nitrogens is 2. The van der Waals surface area contributed by atoms with E-state index >= 15 is 0 Å². The topological polar surface area (TPSA) is 43.8 Å². The van der Waals surface area contributed by atoms with Crippen LogP contribution in [0, 0.1) is 0 Å². The van der Waals surface area contributed by atoms with Crippen molar-refractivity contribution in [2.75, 3.05) is 0 Å². The molecular formula is C13H14BrN3. The van der Waals surface area contributed by atoms with Crippen LogP contribution < -0.4 is 5.73 Å². The zero-order chi connectivity index (χ0) is 11.8. The summed E-state index contributed by atoms with van der Waals surface area (Å²) in [5.74, 6) is 1.03. The molecule has 88 valence electrons. The second kappa shape index (κ2) is 4.27. The van der Waals surface area contributed by atoms with Crippen molar-refractivity contribution in [2.45, 2.75) is 25.4 Å². The Labute approximate surface area is 109 Å². The fourth-order valence-corrected chi connectivity index (χ4v) is 2.63. The first-order chi connectivity index (χ1) is 8.25. The molecule has 2 aromatic rings. The summed E-state index contributed by atoms with van der Waals surface area (Å²) < 4.78 is 3.33. The first kappa shape index (κ1) is 11.0. The summed E-state index contributed by atoms with van der Waals surface area (Å²) in [6.07, 6.45) is 4.11. The lowest BCUT2D eigenvalue weighted by Gasteiger charge is -2.22. The van der Waals surface area contributed by atoms with E-state index in [2.05, 4.69) is 37.6 Å². The molecule has 0 saturated carbocycles. The van der Waals surface area contributed by atoms with E-state index in [0.29, 0.717) is 0 Å². The van der Waals surface area contributed by atoms with Gasteiger partial charge in [0.2, 0.25) is 0 Å². The fourth-order valence-electron chi connectivity index (χ4n) is 2.37. The third-order valence-electron chi connectivity index (χ3n) is 3.27. The van der Waals surface area contributed by atoms with Gasteiger partial charge in [0.25, 0.3) is 0 Å². The van der Waals surface area contributed by atoms with E-state index < -0.39 is 0 Å². The first-order valence-electron chi connectivity index (χ1n) is 5.82. The molecule has 1 atom stereocenters. The van der Waals surface area contributed by atoms with Crippen molar-refractivity contribution in [2.24, 2.45) is 5.73 Å². The van der Waals surface area contributed by atoms with Gasteiger partial charge in [-0.05, 0) is 25.0 Å². The average Bonchev–Trinajstić information content (AvgIpc) is 2.75. The van der Waals surface area contributed by atoms with Gasteiger partial charge in [0, 0.05) is 22.6 Å². The Bertz CT molecular complexity index is 530. The Kier molecular flexibility index (Phi) is 2.76. The van der Waals surface area contributed by atoms with Gasteiger partial charge in [0.15, 0.2) is 0 Å². The second-order valence-corrected chi connectivity index (χ2v) is 5.33. The van der Waals surface area contributed by atoms with Gasteiger partial charge >= 0.3 is 0 Å². The molecule has 3 nitrogen and oxygen atoms in total. The SMILES string of the molecule is NC1CCCn2c1cnc2-c1ccc(Br)cc1. The molecule has 3 rings (SSSR count). The number of fused-ring (bicyclic) bond motifs is 1. The Morgan fingerprint density at radius 2 is 2.06 bits per heavy atom. The van der Waals surface area contributed by atoms with Crippen LogP contribution in [0.15, 0.2) is 34.9 Å². The maximum atomic E-state index is 6.09. The lowest BCUT2D eigenvalue weighted by atomic mass is 10.1. The molecule has 0 bridgehead atoms. The third-order valence-corrected chi connectivity index (χ3v) is 3.79. The maximum Gasteiger partial charge on any atom is 0.140 e. The minimum Gasteiger partial charge on any atom is -0.327 e. The van der Waals surface area contributed by atoms with Crippen molar-refractivity contribution in [3.63, 3.8) is 0 Å². The van der Waals surface area contributed by atoms with Crippen molar-refractivity contribution in [1.82, 2.24) is 9.55 Å². The largest absolute Gasteiger partial charge is 0.327 e. The van der Waals surface area contributed by atoms with Crippen molar-refractivity contribution < 1.29 is 0 Å². The zero-order valence-corrected chi connectivity index (χ0v) is 11.0. The minimum absolute atomic E-state index is 0.139. The highest BCUT2D eigenvalue weighted by Crippen LogP contribution is 2.29. The van der Waals surface area contributed by atoms with Gasteiger partial charge in [-0.2, -0.15) is 0 Å². The van der Waals surface area contributed by atoms with E-state index in [0.717, 1.165) is 40.9 Å². The quantitative estimate of drug-likeness (QED) is 0.877. The van der Waals surface area contributed by atoms with E-state index in [4.69, 9.17) is 5.73 Å². The molecule has 2 N–H and O–H groups in total. The summed E-state index contributed by atoms with van der Waals surface area (Å²) in [5.41, 5.74) is 8.40. The predicted molar refractivity (Wildman–Crippen MR) is 71.5 cm³/mol. The second-order valence-electron chi connectivity index (χ2n) is 4.41. The molecule has 0 fully saturated rings. The molecule has 4 heteroatoms. The van der Waals surface area contributed by atoms with E-state index in [1.807, 2.05) is 18.3 Å². The van der Waals surface area contributed by atoms with Crippen LogP contribution in [0.3, 0.4) is 0 Å². The Balaban J connectivity index is 2.07. The Morgan fingerprint density at radius 1 is 1.29 bits per heavy atom. The first-order valence-corrected chi connectivity index (χ1v) is 6.62. The van der Waals surface area contributed by atoms with Crippen LogP contribution in [-0.2, 0) is 6.54 Å². The smallest absolute Gasteiger partial charge is 0.140 e. The molecule has 1 unspecified atom stereocenters. The molecule has 0 saturated heterocycles. The molecule has 1 aromatic carbocycles. The molecule has 1 aliphatic rings. The van der Waals surface area contributed by atoms with Crippen LogP contribution in [0.2, 0.25) is 0 Å². The third kappa shape index (κ3) is 1.91. The molecular weight excluding hydrogens is 278 g/mol. The molecule has 1 aliphatic heterocycles. The Hall–Kier alpha value is -1.13. The maximum absolute atomic E-state index is 6.09. The monoisotopic (exact) mass is 291 g/mol. The molecule has 0 radical (unpaired) electrons. The summed E-state index contributed by atoms with van der Waals surface area (Å²) in [6.45, 7) is 1.02. The number of hydrogen-bond acceptors (Lipinski definition) is 2. The lowest BCUT2D eigenvalue weighted by Crippen LogP contribution is -2.21. The number of hydrogen-bond donors (Lipinski definition) is 1. The van der Waals surface area contributed by atoms with Crippen LogP contribution in [0.25, 0.3) is 11.4 Å². The van der Waals surface area contributed by atoms with Crippen molar-refractivity contribution in [3.05, 3.63) is 40.6 Å². The van der Waals surface area contributed by atoms with Crippen molar-refractivity contribution in [1.29, 1.82) is 0 Å². The molecule has 1 aromatic heterocycles. The number of rotatable bonds is 1. The molecule has 0 amide bonds. The van der Waals surface area contributed by atoms with E-state index in [-0.39, 0.29) is 6.04 Å². The molecule has 17 heavy (non-hydrogen) atoms. The zero-order valence-electron chi connectivity index (χ0n) is 9.44. The number of nitrogens with two attached hydrogens (primary N) is 1. The van der Waals surface area contributed by atoms with Crippen LogP contribution >= 0.6 is 15.9 Å².